The highest BCUT2D eigenvalue weighted by Gasteiger charge is 2.19. The van der Waals surface area contributed by atoms with E-state index in [9.17, 15) is 9.59 Å². The average molecular weight is 315 g/mol. The van der Waals surface area contributed by atoms with E-state index < -0.39 is 11.9 Å². The molecule has 1 heterocycles. The molecule has 0 aliphatic heterocycles. The first-order valence-electron chi connectivity index (χ1n) is 7.57. The van der Waals surface area contributed by atoms with Gasteiger partial charge >= 0.3 is 5.97 Å². The van der Waals surface area contributed by atoms with Gasteiger partial charge in [-0.1, -0.05) is 45.9 Å². The zero-order valence-corrected chi connectivity index (χ0v) is 13.7. The fourth-order valence-electron chi connectivity index (χ4n) is 2.44. The number of furan rings is 1. The number of rotatable bonds is 5. The van der Waals surface area contributed by atoms with Gasteiger partial charge in [0.1, 0.15) is 6.26 Å². The Morgan fingerprint density at radius 3 is 2.09 bits per heavy atom. The lowest BCUT2D eigenvalue weighted by Gasteiger charge is -2.19. The largest absolute Gasteiger partial charge is 0.478 e. The van der Waals surface area contributed by atoms with E-state index in [0.29, 0.717) is 0 Å². The lowest BCUT2D eigenvalue weighted by atomic mass is 9.92. The monoisotopic (exact) mass is 315 g/mol. The van der Waals surface area contributed by atoms with Crippen LogP contribution in [0.1, 0.15) is 71.6 Å². The van der Waals surface area contributed by atoms with E-state index in [1.165, 1.54) is 6.07 Å². The molecule has 5 heteroatoms. The van der Waals surface area contributed by atoms with Gasteiger partial charge in [-0.05, 0) is 23.0 Å². The Kier molecular flexibility index (Phi) is 4.89. The fourth-order valence-corrected chi connectivity index (χ4v) is 2.44. The molecule has 0 bridgehead atoms. The molecule has 2 rings (SSSR count). The van der Waals surface area contributed by atoms with Gasteiger partial charge in [0, 0.05) is 11.8 Å². The van der Waals surface area contributed by atoms with Crippen LogP contribution in [0.4, 0.5) is 5.69 Å². The van der Waals surface area contributed by atoms with Gasteiger partial charge in [-0.3, -0.25) is 4.79 Å². The molecule has 0 unspecified atom stereocenters. The van der Waals surface area contributed by atoms with Crippen LogP contribution in [-0.4, -0.2) is 17.0 Å². The van der Waals surface area contributed by atoms with E-state index in [2.05, 4.69) is 33.0 Å². The Labute approximate surface area is 135 Å². The molecule has 0 aliphatic rings. The minimum absolute atomic E-state index is 0.0179. The van der Waals surface area contributed by atoms with Crippen molar-refractivity contribution in [2.75, 3.05) is 5.32 Å². The Bertz CT molecular complexity index is 702. The molecule has 1 aromatic heterocycles. The molecule has 0 atom stereocenters. The zero-order valence-electron chi connectivity index (χ0n) is 13.7. The maximum Gasteiger partial charge on any atom is 0.338 e. The lowest BCUT2D eigenvalue weighted by Crippen LogP contribution is -2.15. The number of amides is 1. The molecule has 2 aromatic rings. The number of carbonyl (C=O) groups is 2. The second-order valence-electron chi connectivity index (χ2n) is 6.08. The third-order valence-electron chi connectivity index (χ3n) is 3.68. The van der Waals surface area contributed by atoms with E-state index in [4.69, 9.17) is 9.52 Å². The van der Waals surface area contributed by atoms with Gasteiger partial charge in [0.05, 0.1) is 5.56 Å². The van der Waals surface area contributed by atoms with E-state index in [1.807, 2.05) is 18.2 Å². The van der Waals surface area contributed by atoms with Crippen LogP contribution in [-0.2, 0) is 0 Å². The maximum atomic E-state index is 12.4. The van der Waals surface area contributed by atoms with Gasteiger partial charge < -0.3 is 14.8 Å². The van der Waals surface area contributed by atoms with Gasteiger partial charge in [0.25, 0.3) is 5.91 Å². The second-order valence-corrected chi connectivity index (χ2v) is 6.08. The van der Waals surface area contributed by atoms with E-state index in [-0.39, 0.29) is 23.2 Å². The van der Waals surface area contributed by atoms with Crippen molar-refractivity contribution in [1.82, 2.24) is 0 Å². The van der Waals surface area contributed by atoms with Crippen LogP contribution in [0.5, 0.6) is 0 Å². The van der Waals surface area contributed by atoms with E-state index >= 15 is 0 Å². The van der Waals surface area contributed by atoms with Crippen molar-refractivity contribution in [1.29, 1.82) is 0 Å². The number of anilines is 1. The number of hydrogen-bond donors (Lipinski definition) is 2. The van der Waals surface area contributed by atoms with Gasteiger partial charge in [0.2, 0.25) is 0 Å². The Balaban J connectivity index is 2.37. The van der Waals surface area contributed by atoms with Crippen LogP contribution >= 0.6 is 0 Å². The average Bonchev–Trinajstić information content (AvgIpc) is 2.97. The summed E-state index contributed by atoms with van der Waals surface area (Å²) in [5, 5.41) is 11.8. The van der Waals surface area contributed by atoms with Crippen LogP contribution in [0.25, 0.3) is 0 Å². The summed E-state index contributed by atoms with van der Waals surface area (Å²) in [5.41, 5.74) is 2.80. The van der Waals surface area contributed by atoms with Crippen molar-refractivity contribution >= 4 is 17.6 Å². The molecule has 122 valence electrons. The molecule has 0 spiro atoms. The summed E-state index contributed by atoms with van der Waals surface area (Å²) in [6, 6.07) is 7.17. The highest BCUT2D eigenvalue weighted by Crippen LogP contribution is 2.32. The first-order valence-corrected chi connectivity index (χ1v) is 7.57. The number of carbonyl (C=O) groups excluding carboxylic acids is 1. The molecule has 1 amide bonds. The number of carboxylic acid groups (broad SMARTS) is 1. The molecule has 23 heavy (non-hydrogen) atoms. The third kappa shape index (κ3) is 3.62. The minimum Gasteiger partial charge on any atom is -0.478 e. The van der Waals surface area contributed by atoms with Crippen LogP contribution < -0.4 is 5.32 Å². The summed E-state index contributed by atoms with van der Waals surface area (Å²) >= 11 is 0. The smallest absolute Gasteiger partial charge is 0.338 e. The molecular formula is C18H21NO4. The highest BCUT2D eigenvalue weighted by molar-refractivity contribution is 6.04. The van der Waals surface area contributed by atoms with Gasteiger partial charge in [-0.25, -0.2) is 4.79 Å². The summed E-state index contributed by atoms with van der Waals surface area (Å²) in [4.78, 5) is 23.3. The summed E-state index contributed by atoms with van der Waals surface area (Å²) in [5.74, 6) is -1.10. The van der Waals surface area contributed by atoms with Crippen LogP contribution in [0.2, 0.25) is 0 Å². The van der Waals surface area contributed by atoms with Gasteiger partial charge in [0.15, 0.2) is 5.76 Å². The van der Waals surface area contributed by atoms with Crippen molar-refractivity contribution in [2.24, 2.45) is 0 Å². The fraction of sp³-hybridized carbons (Fsp3) is 0.333. The molecular weight excluding hydrogens is 294 g/mol. The van der Waals surface area contributed by atoms with Crippen LogP contribution in [0.15, 0.2) is 34.9 Å². The highest BCUT2D eigenvalue weighted by atomic mass is 16.4. The van der Waals surface area contributed by atoms with Crippen molar-refractivity contribution < 1.29 is 19.1 Å². The summed E-state index contributed by atoms with van der Waals surface area (Å²) in [7, 11) is 0. The number of benzene rings is 1. The van der Waals surface area contributed by atoms with Crippen LogP contribution in [0.3, 0.4) is 0 Å². The minimum atomic E-state index is -1.13. The van der Waals surface area contributed by atoms with Crippen LogP contribution in [0, 0.1) is 0 Å². The van der Waals surface area contributed by atoms with Crippen molar-refractivity contribution in [3.8, 4) is 0 Å². The van der Waals surface area contributed by atoms with Gasteiger partial charge in [-0.15, -0.1) is 0 Å². The Hall–Kier alpha value is -2.56. The first-order chi connectivity index (χ1) is 10.8. The maximum absolute atomic E-state index is 12.4. The molecule has 0 saturated carbocycles. The summed E-state index contributed by atoms with van der Waals surface area (Å²) in [6.45, 7) is 8.24. The first kappa shape index (κ1) is 16.8. The third-order valence-corrected chi connectivity index (χ3v) is 3.68. The van der Waals surface area contributed by atoms with Gasteiger partial charge in [-0.2, -0.15) is 0 Å². The molecule has 0 radical (unpaired) electrons. The Morgan fingerprint density at radius 2 is 1.65 bits per heavy atom. The lowest BCUT2D eigenvalue weighted by molar-refractivity contribution is 0.0696. The van der Waals surface area contributed by atoms with E-state index in [1.54, 1.807) is 0 Å². The number of carboxylic acids is 1. The molecule has 5 nitrogen and oxygen atoms in total. The van der Waals surface area contributed by atoms with Crippen molar-refractivity contribution in [3.05, 3.63) is 53.0 Å². The summed E-state index contributed by atoms with van der Waals surface area (Å²) in [6.07, 6.45) is 1.06. The molecule has 0 fully saturated rings. The Morgan fingerprint density at radius 1 is 1.09 bits per heavy atom. The predicted molar refractivity (Wildman–Crippen MR) is 88.2 cm³/mol. The molecule has 2 N–H and O–H groups in total. The number of aromatic carboxylic acids is 1. The molecule has 0 saturated heterocycles. The topological polar surface area (TPSA) is 79.5 Å². The van der Waals surface area contributed by atoms with Crippen molar-refractivity contribution in [3.63, 3.8) is 0 Å². The zero-order chi connectivity index (χ0) is 17.1. The van der Waals surface area contributed by atoms with Crippen molar-refractivity contribution in [2.45, 2.75) is 39.5 Å². The quantitative estimate of drug-likeness (QED) is 0.852. The standard InChI is InChI=1S/C18H21NO4/c1-10(2)13-6-5-7-14(11(3)4)16(13)19-17(20)15-8-12(9-23-15)18(21)22/h5-11H,1-4H3,(H,19,20)(H,21,22). The number of hydrogen-bond acceptors (Lipinski definition) is 3. The van der Waals surface area contributed by atoms with E-state index in [0.717, 1.165) is 23.1 Å². The molecule has 0 aliphatic carbocycles. The SMILES string of the molecule is CC(C)c1cccc(C(C)C)c1NC(=O)c1cc(C(=O)O)co1. The summed E-state index contributed by atoms with van der Waals surface area (Å²) < 4.78 is 5.07. The predicted octanol–water partition coefficient (Wildman–Crippen LogP) is 4.48. The number of para-hydroxylation sites is 1. The normalized spacial score (nSPS) is 11.0. The second kappa shape index (κ2) is 6.69. The molecule has 1 aromatic carbocycles. The number of nitrogens with one attached hydrogen (secondary N) is 1.